The third kappa shape index (κ3) is 1.88. The topological polar surface area (TPSA) is 49.0 Å². The summed E-state index contributed by atoms with van der Waals surface area (Å²) in [6, 6.07) is 0. The van der Waals surface area contributed by atoms with Gasteiger partial charge in [-0.3, -0.25) is 0 Å². The Kier molecular flexibility index (Phi) is 2.35. The van der Waals surface area contributed by atoms with E-state index in [0.29, 0.717) is 26.4 Å². The Bertz CT molecular complexity index is 106. The second-order valence-electron chi connectivity index (χ2n) is 2.31. The van der Waals surface area contributed by atoms with Crippen molar-refractivity contribution in [2.45, 2.75) is 12.8 Å². The summed E-state index contributed by atoms with van der Waals surface area (Å²) in [6.45, 7) is 2.52. The third-order valence-electron chi connectivity index (χ3n) is 1.52. The van der Waals surface area contributed by atoms with Crippen molar-refractivity contribution in [2.24, 2.45) is 0 Å². The fraction of sp³-hybridized carbons (Fsp3) is 1.00. The molecule has 0 spiro atoms. The van der Waals surface area contributed by atoms with E-state index in [-0.39, 0.29) is 12.8 Å². The van der Waals surface area contributed by atoms with Gasteiger partial charge >= 0.3 is 0 Å². The van der Waals surface area contributed by atoms with Crippen LogP contribution in [0.3, 0.4) is 0 Å². The summed E-state index contributed by atoms with van der Waals surface area (Å²) in [5.41, 5.74) is 0. The molecule has 0 amide bonds. The molecule has 64 valence electrons. The second kappa shape index (κ2) is 3.46. The van der Waals surface area contributed by atoms with Crippen LogP contribution in [0.2, 0.25) is 0 Å². The zero-order chi connectivity index (χ0) is 7.52. The lowest BCUT2D eigenvalue weighted by atomic mass is 10.8. The minimum atomic E-state index is -0.363. The Morgan fingerprint density at radius 3 is 1.45 bits per heavy atom. The van der Waals surface area contributed by atoms with Gasteiger partial charge in [0.05, 0.1) is 26.4 Å². The van der Waals surface area contributed by atoms with Gasteiger partial charge < -0.3 is 18.9 Å². The molecule has 5 nitrogen and oxygen atoms in total. The lowest BCUT2D eigenvalue weighted by Crippen LogP contribution is -2.39. The van der Waals surface area contributed by atoms with Crippen molar-refractivity contribution >= 4 is 0 Å². The first kappa shape index (κ1) is 7.45. The lowest BCUT2D eigenvalue weighted by molar-refractivity contribution is -0.155. The van der Waals surface area contributed by atoms with E-state index < -0.39 is 0 Å². The molecular weight excluding hydrogens is 150 g/mol. The molecule has 2 aliphatic rings. The fourth-order valence-electron chi connectivity index (χ4n) is 1.02. The highest BCUT2D eigenvalue weighted by molar-refractivity contribution is 4.53. The van der Waals surface area contributed by atoms with E-state index in [9.17, 15) is 0 Å². The van der Waals surface area contributed by atoms with Crippen molar-refractivity contribution in [1.29, 1.82) is 0 Å². The Labute approximate surface area is 64.6 Å². The smallest absolute Gasteiger partial charge is 0.220 e. The van der Waals surface area contributed by atoms with E-state index in [1.165, 1.54) is 0 Å². The molecule has 0 aromatic carbocycles. The summed E-state index contributed by atoms with van der Waals surface area (Å²) in [6.07, 6.45) is -0.726. The van der Waals surface area contributed by atoms with E-state index in [2.05, 4.69) is 5.32 Å². The molecule has 2 heterocycles. The van der Waals surface area contributed by atoms with Gasteiger partial charge in [-0.2, -0.15) is 0 Å². The van der Waals surface area contributed by atoms with Crippen molar-refractivity contribution in [3.05, 3.63) is 0 Å². The monoisotopic (exact) mass is 161 g/mol. The quantitative estimate of drug-likeness (QED) is 0.576. The minimum Gasteiger partial charge on any atom is -0.337 e. The van der Waals surface area contributed by atoms with Crippen molar-refractivity contribution in [3.63, 3.8) is 0 Å². The molecular formula is C6H11NO4. The Balaban J connectivity index is 1.71. The molecule has 0 saturated carbocycles. The van der Waals surface area contributed by atoms with E-state index >= 15 is 0 Å². The first-order valence-corrected chi connectivity index (χ1v) is 3.67. The Morgan fingerprint density at radius 2 is 1.09 bits per heavy atom. The molecule has 0 unspecified atom stereocenters. The van der Waals surface area contributed by atoms with E-state index in [0.717, 1.165) is 0 Å². The van der Waals surface area contributed by atoms with Crippen molar-refractivity contribution in [2.75, 3.05) is 26.4 Å². The van der Waals surface area contributed by atoms with Gasteiger partial charge in [-0.25, -0.2) is 5.32 Å². The highest BCUT2D eigenvalue weighted by Gasteiger charge is 2.23. The number of hydrogen-bond donors (Lipinski definition) is 1. The zero-order valence-electron chi connectivity index (χ0n) is 6.12. The SMILES string of the molecule is C1COC(NC2OCCO2)O1. The van der Waals surface area contributed by atoms with Gasteiger partial charge in [0.15, 0.2) is 0 Å². The highest BCUT2D eigenvalue weighted by Crippen LogP contribution is 2.05. The van der Waals surface area contributed by atoms with Gasteiger partial charge in [0.1, 0.15) is 0 Å². The van der Waals surface area contributed by atoms with Crippen LogP contribution < -0.4 is 5.32 Å². The van der Waals surface area contributed by atoms with E-state index in [4.69, 9.17) is 18.9 Å². The molecule has 2 saturated heterocycles. The van der Waals surface area contributed by atoms with Crippen LogP contribution in [0.15, 0.2) is 0 Å². The molecule has 0 aliphatic carbocycles. The molecule has 0 atom stereocenters. The van der Waals surface area contributed by atoms with Gasteiger partial charge in [-0.15, -0.1) is 0 Å². The molecule has 2 aliphatic heterocycles. The molecule has 0 aromatic heterocycles. The molecule has 1 N–H and O–H groups in total. The Morgan fingerprint density at radius 1 is 0.727 bits per heavy atom. The maximum atomic E-state index is 5.12. The van der Waals surface area contributed by atoms with Crippen molar-refractivity contribution < 1.29 is 18.9 Å². The third-order valence-corrected chi connectivity index (χ3v) is 1.52. The van der Waals surface area contributed by atoms with Crippen molar-refractivity contribution in [1.82, 2.24) is 5.32 Å². The number of nitrogens with one attached hydrogen (secondary N) is 1. The predicted octanol–water partition coefficient (Wildman–Crippen LogP) is -0.763. The largest absolute Gasteiger partial charge is 0.337 e. The first-order valence-electron chi connectivity index (χ1n) is 3.67. The summed E-state index contributed by atoms with van der Waals surface area (Å²) >= 11 is 0. The van der Waals surface area contributed by atoms with Crippen LogP contribution in [-0.2, 0) is 18.9 Å². The summed E-state index contributed by atoms with van der Waals surface area (Å²) in [4.78, 5) is 0. The summed E-state index contributed by atoms with van der Waals surface area (Å²) in [5, 5.41) is 2.89. The van der Waals surface area contributed by atoms with Gasteiger partial charge in [-0.05, 0) is 0 Å². The average molecular weight is 161 g/mol. The molecule has 2 rings (SSSR count). The maximum Gasteiger partial charge on any atom is 0.220 e. The predicted molar refractivity (Wildman–Crippen MR) is 34.5 cm³/mol. The number of hydrogen-bond acceptors (Lipinski definition) is 5. The van der Waals surface area contributed by atoms with E-state index in [1.807, 2.05) is 0 Å². The molecule has 11 heavy (non-hydrogen) atoms. The zero-order valence-corrected chi connectivity index (χ0v) is 6.12. The van der Waals surface area contributed by atoms with Crippen LogP contribution in [-0.4, -0.2) is 39.3 Å². The highest BCUT2D eigenvalue weighted by atomic mass is 16.8. The normalized spacial score (nSPS) is 28.4. The first-order chi connectivity index (χ1) is 5.45. The molecule has 0 radical (unpaired) electrons. The summed E-state index contributed by atoms with van der Waals surface area (Å²) < 4.78 is 20.5. The van der Waals surface area contributed by atoms with Crippen LogP contribution >= 0.6 is 0 Å². The van der Waals surface area contributed by atoms with Crippen LogP contribution in [0, 0.1) is 0 Å². The minimum absolute atomic E-state index is 0.363. The fourth-order valence-corrected chi connectivity index (χ4v) is 1.02. The molecule has 5 heteroatoms. The van der Waals surface area contributed by atoms with Gasteiger partial charge in [-0.1, -0.05) is 0 Å². The summed E-state index contributed by atoms with van der Waals surface area (Å²) in [5.74, 6) is 0. The molecule has 0 aromatic rings. The maximum absolute atomic E-state index is 5.12. The van der Waals surface area contributed by atoms with Crippen LogP contribution in [0.1, 0.15) is 0 Å². The standard InChI is InChI=1S/C6H11NO4/c1-2-9-5(8-1)7-6-10-3-4-11-6/h5-7H,1-4H2. The summed E-state index contributed by atoms with van der Waals surface area (Å²) in [7, 11) is 0. The molecule has 0 bridgehead atoms. The van der Waals surface area contributed by atoms with Crippen LogP contribution in [0.4, 0.5) is 0 Å². The van der Waals surface area contributed by atoms with Gasteiger partial charge in [0.25, 0.3) is 0 Å². The van der Waals surface area contributed by atoms with E-state index in [1.54, 1.807) is 0 Å². The Hall–Kier alpha value is -0.200. The van der Waals surface area contributed by atoms with Crippen LogP contribution in [0.25, 0.3) is 0 Å². The van der Waals surface area contributed by atoms with Gasteiger partial charge in [0.2, 0.25) is 12.8 Å². The second-order valence-corrected chi connectivity index (χ2v) is 2.31. The van der Waals surface area contributed by atoms with Gasteiger partial charge in [0, 0.05) is 0 Å². The number of rotatable bonds is 2. The molecule has 2 fully saturated rings. The van der Waals surface area contributed by atoms with Crippen molar-refractivity contribution in [3.8, 4) is 0 Å². The lowest BCUT2D eigenvalue weighted by Gasteiger charge is -2.15. The average Bonchev–Trinajstić information content (AvgIpc) is 2.60. The number of ether oxygens (including phenoxy) is 4. The van der Waals surface area contributed by atoms with Crippen LogP contribution in [0.5, 0.6) is 0 Å².